The molecule has 2 rings (SSSR count). The first kappa shape index (κ1) is 19.9. The Morgan fingerprint density at radius 3 is 2.40 bits per heavy atom. The summed E-state index contributed by atoms with van der Waals surface area (Å²) in [6.07, 6.45) is 0. The molecule has 0 amide bonds. The molecule has 0 aliphatic carbocycles. The van der Waals surface area contributed by atoms with Crippen LogP contribution in [0, 0.1) is 0 Å². The number of rotatable bonds is 7. The molecule has 1 heterocycles. The summed E-state index contributed by atoms with van der Waals surface area (Å²) >= 11 is 3.04. The minimum Gasteiger partial charge on any atom is -0.477 e. The molecular weight excluding hydrogens is 423 g/mol. The van der Waals surface area contributed by atoms with Gasteiger partial charge in [0, 0.05) is 15.4 Å². The first-order chi connectivity index (χ1) is 11.7. The summed E-state index contributed by atoms with van der Waals surface area (Å²) in [6, 6.07) is 5.04. The number of aromatic carboxylic acids is 1. The van der Waals surface area contributed by atoms with Crippen molar-refractivity contribution < 1.29 is 32.3 Å². The molecule has 25 heavy (non-hydrogen) atoms. The number of hydrogen-bond donors (Lipinski definition) is 1. The Balaban J connectivity index is 2.66. The monoisotopic (exact) mass is 437 g/mol. The second-order valence-electron chi connectivity index (χ2n) is 4.90. The number of carboxylic acids is 1. The fourth-order valence-corrected chi connectivity index (χ4v) is 4.50. The third kappa shape index (κ3) is 3.74. The van der Waals surface area contributed by atoms with Gasteiger partial charge in [-0.25, -0.2) is 9.78 Å². The zero-order valence-corrected chi connectivity index (χ0v) is 15.8. The maximum atomic E-state index is 14.9. The Morgan fingerprint density at radius 2 is 1.88 bits per heavy atom. The van der Waals surface area contributed by atoms with Crippen LogP contribution in [0.2, 0.25) is 0 Å². The average Bonchev–Trinajstić information content (AvgIpc) is 2.53. The second-order valence-corrected chi connectivity index (χ2v) is 7.83. The van der Waals surface area contributed by atoms with Gasteiger partial charge in [-0.1, -0.05) is 22.0 Å². The smallest absolute Gasteiger partial charge is 0.404 e. The van der Waals surface area contributed by atoms with Crippen LogP contribution in [-0.2, 0) is 19.3 Å². The zero-order valence-electron chi connectivity index (χ0n) is 13.3. The normalized spacial score (nSPS) is 12.5. The Labute approximate surface area is 150 Å². The molecule has 0 aliphatic rings. The van der Waals surface area contributed by atoms with E-state index >= 15 is 0 Å². The lowest BCUT2D eigenvalue weighted by Crippen LogP contribution is -2.19. The predicted octanol–water partition coefficient (Wildman–Crippen LogP) is 5.01. The number of aromatic nitrogens is 1. The van der Waals surface area contributed by atoms with Gasteiger partial charge in [-0.05, 0) is 32.0 Å². The average molecular weight is 438 g/mol. The van der Waals surface area contributed by atoms with Crippen molar-refractivity contribution in [2.45, 2.75) is 19.5 Å². The van der Waals surface area contributed by atoms with Gasteiger partial charge in [0.15, 0.2) is 0 Å². The van der Waals surface area contributed by atoms with Gasteiger partial charge in [0.2, 0.25) is 0 Å². The molecule has 0 aliphatic heterocycles. The lowest BCUT2D eigenvalue weighted by molar-refractivity contribution is 0.0355. The number of benzene rings is 1. The number of pyridine rings is 1. The van der Waals surface area contributed by atoms with E-state index in [1.165, 1.54) is 32.0 Å². The fourth-order valence-electron chi connectivity index (χ4n) is 2.18. The Kier molecular flexibility index (Phi) is 5.93. The summed E-state index contributed by atoms with van der Waals surface area (Å²) in [4.78, 5) is 14.9. The van der Waals surface area contributed by atoms with Crippen LogP contribution in [0.1, 0.15) is 29.9 Å². The molecule has 0 atom stereocenters. The van der Waals surface area contributed by atoms with Crippen LogP contribution in [0.4, 0.5) is 8.78 Å². The molecule has 0 unspecified atom stereocenters. The van der Waals surface area contributed by atoms with Crippen molar-refractivity contribution >= 4 is 40.4 Å². The molecule has 1 aromatic carbocycles. The van der Waals surface area contributed by atoms with Crippen molar-refractivity contribution in [2.24, 2.45) is 0 Å². The number of alkyl halides is 2. The highest BCUT2D eigenvalue weighted by Crippen LogP contribution is 2.67. The third-order valence-electron chi connectivity index (χ3n) is 3.26. The SMILES string of the molecule is CCOP(=O)(OCC)C(F)(F)c1cc2nc(C(=O)O)ccc2cc1Br. The van der Waals surface area contributed by atoms with Gasteiger partial charge in [-0.15, -0.1) is 0 Å². The predicted molar refractivity (Wildman–Crippen MR) is 91.2 cm³/mol. The van der Waals surface area contributed by atoms with E-state index in [1.807, 2.05) is 0 Å². The highest BCUT2D eigenvalue weighted by molar-refractivity contribution is 9.10. The molecule has 0 saturated carbocycles. The van der Waals surface area contributed by atoms with E-state index < -0.39 is 24.8 Å². The van der Waals surface area contributed by atoms with Gasteiger partial charge in [-0.2, -0.15) is 8.78 Å². The van der Waals surface area contributed by atoms with E-state index in [4.69, 9.17) is 14.2 Å². The molecule has 6 nitrogen and oxygen atoms in total. The minimum atomic E-state index is -4.79. The Hall–Kier alpha value is -1.41. The van der Waals surface area contributed by atoms with Crippen molar-refractivity contribution in [1.29, 1.82) is 0 Å². The maximum Gasteiger partial charge on any atom is 0.404 e. The van der Waals surface area contributed by atoms with Crippen LogP contribution < -0.4 is 0 Å². The third-order valence-corrected chi connectivity index (χ3v) is 6.04. The number of carbonyl (C=O) groups is 1. The number of nitrogens with zero attached hydrogens (tertiary/aromatic N) is 1. The van der Waals surface area contributed by atoms with Gasteiger partial charge in [0.05, 0.1) is 18.7 Å². The second kappa shape index (κ2) is 7.45. The molecule has 136 valence electrons. The van der Waals surface area contributed by atoms with Crippen LogP contribution in [0.25, 0.3) is 10.9 Å². The lowest BCUT2D eigenvalue weighted by Gasteiger charge is -2.26. The fraction of sp³-hybridized carbons (Fsp3) is 0.333. The van der Waals surface area contributed by atoms with E-state index in [2.05, 4.69) is 20.9 Å². The standard InChI is InChI=1S/C15H15BrF2NO5P/c1-3-23-25(22,24-4-2)15(17,18)10-8-13-9(7-11(10)16)5-6-12(19-13)14(20)21/h5-8H,3-4H2,1-2H3,(H,20,21). The molecule has 1 N–H and O–H groups in total. The number of halogens is 3. The van der Waals surface area contributed by atoms with Crippen molar-refractivity contribution in [2.75, 3.05) is 13.2 Å². The summed E-state index contributed by atoms with van der Waals surface area (Å²) in [5.74, 6) is -1.28. The molecule has 0 saturated heterocycles. The van der Waals surface area contributed by atoms with Crippen LogP contribution in [0.15, 0.2) is 28.7 Å². The maximum absolute atomic E-state index is 14.9. The zero-order chi connectivity index (χ0) is 18.8. The number of hydrogen-bond acceptors (Lipinski definition) is 5. The van der Waals surface area contributed by atoms with Gasteiger partial charge in [0.1, 0.15) is 5.69 Å². The largest absolute Gasteiger partial charge is 0.477 e. The van der Waals surface area contributed by atoms with E-state index in [9.17, 15) is 18.1 Å². The van der Waals surface area contributed by atoms with Crippen molar-refractivity contribution in [3.05, 3.63) is 40.0 Å². The number of fused-ring (bicyclic) bond motifs is 1. The van der Waals surface area contributed by atoms with Crippen molar-refractivity contribution in [1.82, 2.24) is 4.98 Å². The summed E-state index contributed by atoms with van der Waals surface area (Å²) in [7, 11) is -4.79. The van der Waals surface area contributed by atoms with Gasteiger partial charge in [-0.3, -0.25) is 4.57 Å². The summed E-state index contributed by atoms with van der Waals surface area (Å²) in [5, 5.41) is 9.44. The number of carboxylic acid groups (broad SMARTS) is 1. The van der Waals surface area contributed by atoms with Crippen LogP contribution in [-0.4, -0.2) is 29.3 Å². The summed E-state index contributed by atoms with van der Waals surface area (Å²) in [6.45, 7) is 2.41. The van der Waals surface area contributed by atoms with Crippen molar-refractivity contribution in [3.63, 3.8) is 0 Å². The summed E-state index contributed by atoms with van der Waals surface area (Å²) in [5.41, 5.74) is -4.87. The van der Waals surface area contributed by atoms with E-state index in [1.54, 1.807) is 0 Å². The lowest BCUT2D eigenvalue weighted by atomic mass is 10.1. The molecule has 0 spiro atoms. The van der Waals surface area contributed by atoms with Crippen LogP contribution in [0.3, 0.4) is 0 Å². The van der Waals surface area contributed by atoms with E-state index in [0.717, 1.165) is 6.07 Å². The Morgan fingerprint density at radius 1 is 1.28 bits per heavy atom. The molecule has 0 radical (unpaired) electrons. The first-order valence-electron chi connectivity index (χ1n) is 7.27. The highest BCUT2D eigenvalue weighted by Gasteiger charge is 2.55. The summed E-state index contributed by atoms with van der Waals surface area (Å²) < 4.78 is 52.0. The van der Waals surface area contributed by atoms with Gasteiger partial charge < -0.3 is 14.2 Å². The minimum absolute atomic E-state index is 0.0190. The molecular formula is C15H15BrF2NO5P. The highest BCUT2D eigenvalue weighted by atomic mass is 79.9. The van der Waals surface area contributed by atoms with Gasteiger partial charge >= 0.3 is 19.2 Å². The van der Waals surface area contributed by atoms with Crippen LogP contribution >= 0.6 is 23.5 Å². The van der Waals surface area contributed by atoms with E-state index in [-0.39, 0.29) is 28.9 Å². The first-order valence-corrected chi connectivity index (χ1v) is 9.61. The molecule has 10 heteroatoms. The molecule has 1 aromatic heterocycles. The van der Waals surface area contributed by atoms with Gasteiger partial charge in [0.25, 0.3) is 0 Å². The quantitative estimate of drug-likeness (QED) is 0.612. The molecule has 0 bridgehead atoms. The molecule has 0 fully saturated rings. The Bertz CT molecular complexity index is 851. The van der Waals surface area contributed by atoms with Crippen molar-refractivity contribution in [3.8, 4) is 0 Å². The van der Waals surface area contributed by atoms with Crippen LogP contribution in [0.5, 0.6) is 0 Å². The topological polar surface area (TPSA) is 85.7 Å². The molecule has 2 aromatic rings. The van der Waals surface area contributed by atoms with E-state index in [0.29, 0.717) is 5.39 Å².